The molecule has 0 bridgehead atoms. The minimum atomic E-state index is -3.76. The smallest absolute Gasteiger partial charge is 0.248 e. The molecule has 0 spiro atoms. The average molecular weight is 400 g/mol. The molecule has 140 valence electrons. The first-order chi connectivity index (χ1) is 12.2. The molecule has 0 aliphatic carbocycles. The molecule has 3 rings (SSSR count). The van der Waals surface area contributed by atoms with Gasteiger partial charge in [0, 0.05) is 31.6 Å². The van der Waals surface area contributed by atoms with Gasteiger partial charge in [-0.25, -0.2) is 12.8 Å². The third-order valence-electron chi connectivity index (χ3n) is 4.65. The number of piperidine rings is 1. The quantitative estimate of drug-likeness (QED) is 0.741. The van der Waals surface area contributed by atoms with Crippen molar-refractivity contribution in [2.75, 3.05) is 13.1 Å². The fourth-order valence-corrected chi connectivity index (χ4v) is 5.42. The van der Waals surface area contributed by atoms with Gasteiger partial charge in [0.2, 0.25) is 10.0 Å². The van der Waals surface area contributed by atoms with Crippen molar-refractivity contribution in [1.29, 1.82) is 0 Å². The molecule has 2 heterocycles. The molecular formula is C17H19ClFN3O3S. The van der Waals surface area contributed by atoms with Gasteiger partial charge in [0.25, 0.3) is 0 Å². The zero-order valence-corrected chi connectivity index (χ0v) is 16.0. The van der Waals surface area contributed by atoms with Gasteiger partial charge < -0.3 is 0 Å². The molecule has 6 nitrogen and oxygen atoms in total. The summed E-state index contributed by atoms with van der Waals surface area (Å²) in [6.45, 7) is 2.05. The molecule has 26 heavy (non-hydrogen) atoms. The summed E-state index contributed by atoms with van der Waals surface area (Å²) in [6, 6.07) is 5.42. The molecule has 1 saturated heterocycles. The van der Waals surface area contributed by atoms with Crippen molar-refractivity contribution < 1.29 is 17.6 Å². The fraction of sp³-hybridized carbons (Fsp3) is 0.412. The minimum Gasteiger partial charge on any atom is -0.294 e. The lowest BCUT2D eigenvalue weighted by Crippen LogP contribution is -2.40. The van der Waals surface area contributed by atoms with Crippen molar-refractivity contribution in [3.63, 3.8) is 0 Å². The van der Waals surface area contributed by atoms with Crippen LogP contribution < -0.4 is 0 Å². The Bertz CT molecular complexity index is 933. The summed E-state index contributed by atoms with van der Waals surface area (Å²) in [4.78, 5) is 12.5. The molecule has 0 saturated carbocycles. The minimum absolute atomic E-state index is 0.0185. The largest absolute Gasteiger partial charge is 0.294 e. The van der Waals surface area contributed by atoms with Crippen LogP contribution in [0.5, 0.6) is 0 Å². The highest BCUT2D eigenvalue weighted by atomic mass is 35.5. The van der Waals surface area contributed by atoms with Gasteiger partial charge >= 0.3 is 0 Å². The topological polar surface area (TPSA) is 72.3 Å². The van der Waals surface area contributed by atoms with E-state index in [1.54, 1.807) is 14.0 Å². The maximum absolute atomic E-state index is 13.0. The van der Waals surface area contributed by atoms with Gasteiger partial charge in [-0.15, -0.1) is 0 Å². The number of ketones is 1. The van der Waals surface area contributed by atoms with E-state index in [9.17, 15) is 17.6 Å². The van der Waals surface area contributed by atoms with Crippen molar-refractivity contribution in [3.8, 4) is 0 Å². The average Bonchev–Trinajstić information content (AvgIpc) is 2.87. The van der Waals surface area contributed by atoms with Gasteiger partial charge in [-0.2, -0.15) is 9.40 Å². The van der Waals surface area contributed by atoms with E-state index in [1.807, 2.05) is 0 Å². The number of aryl methyl sites for hydroxylation is 2. The van der Waals surface area contributed by atoms with Crippen molar-refractivity contribution in [2.24, 2.45) is 13.0 Å². The van der Waals surface area contributed by atoms with Gasteiger partial charge in [0.1, 0.15) is 15.9 Å². The van der Waals surface area contributed by atoms with Crippen LogP contribution in [0.2, 0.25) is 5.15 Å². The van der Waals surface area contributed by atoms with E-state index in [-0.39, 0.29) is 34.8 Å². The second-order valence-corrected chi connectivity index (χ2v) is 8.61. The van der Waals surface area contributed by atoms with Crippen molar-refractivity contribution in [3.05, 3.63) is 46.5 Å². The molecule has 1 aliphatic rings. The van der Waals surface area contributed by atoms with Crippen molar-refractivity contribution >= 4 is 27.4 Å². The SMILES string of the molecule is Cc1nn(C)c(Cl)c1S(=O)(=O)N1CCC(C(=O)c2ccc(F)cc2)CC1. The van der Waals surface area contributed by atoms with Crippen LogP contribution in [0.1, 0.15) is 28.9 Å². The van der Waals surface area contributed by atoms with Crippen LogP contribution in [0.3, 0.4) is 0 Å². The third kappa shape index (κ3) is 3.41. The molecule has 0 radical (unpaired) electrons. The zero-order valence-electron chi connectivity index (χ0n) is 14.4. The van der Waals surface area contributed by atoms with E-state index in [1.165, 1.54) is 33.3 Å². The fourth-order valence-electron chi connectivity index (χ4n) is 3.24. The Balaban J connectivity index is 1.73. The molecule has 1 fully saturated rings. The number of hydrogen-bond acceptors (Lipinski definition) is 4. The molecule has 9 heteroatoms. The van der Waals surface area contributed by atoms with Crippen molar-refractivity contribution in [1.82, 2.24) is 14.1 Å². The van der Waals surface area contributed by atoms with Crippen LogP contribution in [0, 0.1) is 18.7 Å². The number of halogens is 2. The normalized spacial score (nSPS) is 16.8. The standard InChI is InChI=1S/C17H19ClFN3O3S/c1-11-16(17(18)21(2)20-11)26(24,25)22-9-7-13(8-10-22)15(23)12-3-5-14(19)6-4-12/h3-6,13H,7-10H2,1-2H3. The Kier molecular flexibility index (Phi) is 5.18. The maximum atomic E-state index is 13.0. The van der Waals surface area contributed by atoms with Gasteiger partial charge in [-0.05, 0) is 44.0 Å². The number of aromatic nitrogens is 2. The predicted octanol–water partition coefficient (Wildman–Crippen LogP) is 2.80. The molecular weight excluding hydrogens is 381 g/mol. The lowest BCUT2D eigenvalue weighted by Gasteiger charge is -2.30. The van der Waals surface area contributed by atoms with Gasteiger partial charge in [0.05, 0.1) is 5.69 Å². The van der Waals surface area contributed by atoms with E-state index < -0.39 is 15.8 Å². The van der Waals surface area contributed by atoms with Crippen LogP contribution in [0.4, 0.5) is 4.39 Å². The van der Waals surface area contributed by atoms with Gasteiger partial charge in [0.15, 0.2) is 5.78 Å². The van der Waals surface area contributed by atoms with E-state index in [0.29, 0.717) is 24.1 Å². The van der Waals surface area contributed by atoms with Gasteiger partial charge in [-0.3, -0.25) is 9.48 Å². The lowest BCUT2D eigenvalue weighted by molar-refractivity contribution is 0.0875. The molecule has 1 aromatic heterocycles. The van der Waals surface area contributed by atoms with E-state index in [0.717, 1.165) is 0 Å². The van der Waals surface area contributed by atoms with Crippen LogP contribution in [-0.4, -0.2) is 41.4 Å². The second-order valence-electron chi connectivity index (χ2n) is 6.38. The molecule has 0 N–H and O–H groups in total. The Morgan fingerprint density at radius 1 is 1.23 bits per heavy atom. The molecule has 0 unspecified atom stereocenters. The molecule has 2 aromatic rings. The second kappa shape index (κ2) is 7.09. The summed E-state index contributed by atoms with van der Waals surface area (Å²) in [5.41, 5.74) is 0.792. The maximum Gasteiger partial charge on any atom is 0.248 e. The number of hydrogen-bond donors (Lipinski definition) is 0. The first-order valence-electron chi connectivity index (χ1n) is 8.21. The molecule has 1 aliphatic heterocycles. The molecule has 1 aromatic carbocycles. The van der Waals surface area contributed by atoms with Crippen LogP contribution in [0.15, 0.2) is 29.2 Å². The highest BCUT2D eigenvalue weighted by molar-refractivity contribution is 7.89. The summed E-state index contributed by atoms with van der Waals surface area (Å²) < 4.78 is 41.4. The Hall–Kier alpha value is -1.77. The van der Waals surface area contributed by atoms with Crippen LogP contribution >= 0.6 is 11.6 Å². The number of nitrogens with zero attached hydrogens (tertiary/aromatic N) is 3. The summed E-state index contributed by atoms with van der Waals surface area (Å²) in [5.74, 6) is -0.763. The highest BCUT2D eigenvalue weighted by Crippen LogP contribution is 2.31. The predicted molar refractivity (Wildman–Crippen MR) is 95.2 cm³/mol. The van der Waals surface area contributed by atoms with Crippen molar-refractivity contribution in [2.45, 2.75) is 24.7 Å². The summed E-state index contributed by atoms with van der Waals surface area (Å²) in [7, 11) is -2.18. The van der Waals surface area contributed by atoms with Crippen LogP contribution in [0.25, 0.3) is 0 Å². The summed E-state index contributed by atoms with van der Waals surface area (Å²) in [5, 5.41) is 4.13. The monoisotopic (exact) mass is 399 g/mol. The number of Topliss-reactive ketones (excluding diaryl/α,β-unsaturated/α-hetero) is 1. The van der Waals surface area contributed by atoms with Gasteiger partial charge in [-0.1, -0.05) is 11.6 Å². The first kappa shape index (κ1) is 19.0. The number of carbonyl (C=O) groups is 1. The number of rotatable bonds is 4. The number of sulfonamides is 1. The summed E-state index contributed by atoms with van der Waals surface area (Å²) >= 11 is 6.10. The molecule has 0 atom stereocenters. The summed E-state index contributed by atoms with van der Waals surface area (Å²) in [6.07, 6.45) is 0.818. The lowest BCUT2D eigenvalue weighted by atomic mass is 9.90. The highest BCUT2D eigenvalue weighted by Gasteiger charge is 2.35. The van der Waals surface area contributed by atoms with E-state index >= 15 is 0 Å². The van der Waals surface area contributed by atoms with E-state index in [4.69, 9.17) is 11.6 Å². The zero-order chi connectivity index (χ0) is 19.1. The van der Waals surface area contributed by atoms with E-state index in [2.05, 4.69) is 5.10 Å². The number of benzene rings is 1. The Morgan fingerprint density at radius 2 is 1.81 bits per heavy atom. The first-order valence-corrected chi connectivity index (χ1v) is 10.0. The Labute approximate surface area is 156 Å². The number of carbonyl (C=O) groups excluding carboxylic acids is 1. The molecule has 0 amide bonds. The van der Waals surface area contributed by atoms with Crippen LogP contribution in [-0.2, 0) is 17.1 Å². The Morgan fingerprint density at radius 3 is 2.31 bits per heavy atom. The third-order valence-corrected chi connectivity index (χ3v) is 7.25.